The SMILES string of the molecule is Cc1ccc(Nc2ncc3c(n2)CNC3)cc1.Cl. The third kappa shape index (κ3) is 2.60. The van der Waals surface area contributed by atoms with E-state index >= 15 is 0 Å². The maximum atomic E-state index is 4.49. The number of aryl methyl sites for hydroxylation is 1. The smallest absolute Gasteiger partial charge is 0.227 e. The van der Waals surface area contributed by atoms with Crippen molar-refractivity contribution >= 4 is 24.0 Å². The van der Waals surface area contributed by atoms with E-state index in [0.717, 1.165) is 24.5 Å². The van der Waals surface area contributed by atoms with Crippen molar-refractivity contribution in [2.45, 2.75) is 20.0 Å². The van der Waals surface area contributed by atoms with Crippen molar-refractivity contribution in [3.63, 3.8) is 0 Å². The maximum Gasteiger partial charge on any atom is 0.227 e. The van der Waals surface area contributed by atoms with Crippen LogP contribution in [0.1, 0.15) is 16.8 Å². The Bertz CT molecular complexity index is 539. The zero-order valence-corrected chi connectivity index (χ0v) is 10.9. The van der Waals surface area contributed by atoms with Crippen molar-refractivity contribution in [3.05, 3.63) is 47.3 Å². The highest BCUT2D eigenvalue weighted by Crippen LogP contribution is 2.17. The molecule has 0 fully saturated rings. The Morgan fingerprint density at radius 2 is 1.94 bits per heavy atom. The van der Waals surface area contributed by atoms with Gasteiger partial charge in [0.1, 0.15) is 0 Å². The quantitative estimate of drug-likeness (QED) is 0.873. The zero-order valence-electron chi connectivity index (χ0n) is 10.1. The van der Waals surface area contributed by atoms with Gasteiger partial charge in [-0.15, -0.1) is 12.4 Å². The predicted octanol–water partition coefficient (Wildman–Crippen LogP) is 2.55. The second-order valence-corrected chi connectivity index (χ2v) is 4.26. The zero-order chi connectivity index (χ0) is 11.7. The van der Waals surface area contributed by atoms with E-state index in [1.807, 2.05) is 18.3 Å². The first-order chi connectivity index (χ1) is 8.31. The maximum absolute atomic E-state index is 4.49. The van der Waals surface area contributed by atoms with Crippen LogP contribution < -0.4 is 10.6 Å². The van der Waals surface area contributed by atoms with Crippen LogP contribution >= 0.6 is 12.4 Å². The number of aromatic nitrogens is 2. The molecule has 0 saturated carbocycles. The summed E-state index contributed by atoms with van der Waals surface area (Å²) in [7, 11) is 0. The Kier molecular flexibility index (Phi) is 3.79. The minimum absolute atomic E-state index is 0. The van der Waals surface area contributed by atoms with Gasteiger partial charge in [-0.2, -0.15) is 0 Å². The number of nitrogens with one attached hydrogen (secondary N) is 2. The molecule has 1 aromatic heterocycles. The molecule has 5 heteroatoms. The third-order valence-corrected chi connectivity index (χ3v) is 2.87. The Balaban J connectivity index is 0.00000120. The molecule has 0 unspecified atom stereocenters. The lowest BCUT2D eigenvalue weighted by Crippen LogP contribution is -2.01. The van der Waals surface area contributed by atoms with Crippen LogP contribution in [0.15, 0.2) is 30.5 Å². The highest BCUT2D eigenvalue weighted by atomic mass is 35.5. The fraction of sp³-hybridized carbons (Fsp3) is 0.231. The molecular weight excluding hydrogens is 248 g/mol. The van der Waals surface area contributed by atoms with Gasteiger partial charge in [-0.05, 0) is 19.1 Å². The molecule has 18 heavy (non-hydrogen) atoms. The van der Waals surface area contributed by atoms with E-state index in [4.69, 9.17) is 0 Å². The summed E-state index contributed by atoms with van der Waals surface area (Å²) in [4.78, 5) is 8.79. The molecule has 3 rings (SSSR count). The van der Waals surface area contributed by atoms with Crippen LogP contribution in [-0.2, 0) is 13.1 Å². The van der Waals surface area contributed by atoms with Gasteiger partial charge in [0.05, 0.1) is 5.69 Å². The van der Waals surface area contributed by atoms with Gasteiger partial charge in [0.25, 0.3) is 0 Å². The molecule has 0 amide bonds. The van der Waals surface area contributed by atoms with Gasteiger partial charge >= 0.3 is 0 Å². The van der Waals surface area contributed by atoms with Gasteiger partial charge < -0.3 is 10.6 Å². The highest BCUT2D eigenvalue weighted by Gasteiger charge is 2.12. The fourth-order valence-corrected chi connectivity index (χ4v) is 1.88. The van der Waals surface area contributed by atoms with E-state index < -0.39 is 0 Å². The van der Waals surface area contributed by atoms with Crippen LogP contribution in [0.2, 0.25) is 0 Å². The summed E-state index contributed by atoms with van der Waals surface area (Å²) in [5.74, 6) is 0.663. The first kappa shape index (κ1) is 12.8. The minimum Gasteiger partial charge on any atom is -0.324 e. The van der Waals surface area contributed by atoms with Crippen molar-refractivity contribution < 1.29 is 0 Å². The summed E-state index contributed by atoms with van der Waals surface area (Å²) in [5.41, 5.74) is 4.55. The molecule has 94 valence electrons. The Hall–Kier alpha value is -1.65. The van der Waals surface area contributed by atoms with Crippen molar-refractivity contribution in [3.8, 4) is 0 Å². The van der Waals surface area contributed by atoms with E-state index in [1.54, 1.807) is 0 Å². The molecule has 2 heterocycles. The Labute approximate surface area is 112 Å². The van der Waals surface area contributed by atoms with Gasteiger partial charge in [-0.1, -0.05) is 17.7 Å². The van der Waals surface area contributed by atoms with Crippen LogP contribution in [0.25, 0.3) is 0 Å². The second-order valence-electron chi connectivity index (χ2n) is 4.26. The lowest BCUT2D eigenvalue weighted by Gasteiger charge is -2.06. The summed E-state index contributed by atoms with van der Waals surface area (Å²) in [6.45, 7) is 3.78. The summed E-state index contributed by atoms with van der Waals surface area (Å²) in [5, 5.41) is 6.47. The largest absolute Gasteiger partial charge is 0.324 e. The number of benzene rings is 1. The Morgan fingerprint density at radius 1 is 1.17 bits per heavy atom. The van der Waals surface area contributed by atoms with Gasteiger partial charge in [0, 0.05) is 30.5 Å². The molecule has 0 saturated heterocycles. The third-order valence-electron chi connectivity index (χ3n) is 2.87. The average Bonchev–Trinajstić information content (AvgIpc) is 2.79. The molecule has 0 spiro atoms. The van der Waals surface area contributed by atoms with Crippen LogP contribution in [0.5, 0.6) is 0 Å². The first-order valence-electron chi connectivity index (χ1n) is 5.70. The van der Waals surface area contributed by atoms with Crippen LogP contribution in [0.3, 0.4) is 0 Å². The standard InChI is InChI=1S/C13H14N4.ClH/c1-9-2-4-11(5-3-9)16-13-15-7-10-6-14-8-12(10)17-13;/h2-5,7,14H,6,8H2,1H3,(H,15,16,17);1H. The number of rotatable bonds is 2. The van der Waals surface area contributed by atoms with Gasteiger partial charge in [0.2, 0.25) is 5.95 Å². The van der Waals surface area contributed by atoms with Crippen LogP contribution in [-0.4, -0.2) is 9.97 Å². The molecule has 0 radical (unpaired) electrons. The van der Waals surface area contributed by atoms with Crippen molar-refractivity contribution in [2.75, 3.05) is 5.32 Å². The molecule has 1 aliphatic heterocycles. The molecule has 2 aromatic rings. The number of anilines is 2. The molecular formula is C13H15ClN4. The van der Waals surface area contributed by atoms with Crippen molar-refractivity contribution in [2.24, 2.45) is 0 Å². The lowest BCUT2D eigenvalue weighted by molar-refractivity contribution is 0.758. The molecule has 2 N–H and O–H groups in total. The summed E-state index contributed by atoms with van der Waals surface area (Å²) in [6.07, 6.45) is 1.89. The number of fused-ring (bicyclic) bond motifs is 1. The highest BCUT2D eigenvalue weighted by molar-refractivity contribution is 5.85. The van der Waals surface area contributed by atoms with Crippen LogP contribution in [0, 0.1) is 6.92 Å². The average molecular weight is 263 g/mol. The Morgan fingerprint density at radius 3 is 2.72 bits per heavy atom. The van der Waals surface area contributed by atoms with E-state index in [2.05, 4.69) is 39.7 Å². The molecule has 0 aliphatic carbocycles. The fourth-order valence-electron chi connectivity index (χ4n) is 1.88. The number of halogens is 1. The first-order valence-corrected chi connectivity index (χ1v) is 5.70. The van der Waals surface area contributed by atoms with E-state index in [-0.39, 0.29) is 12.4 Å². The number of nitrogens with zero attached hydrogens (tertiary/aromatic N) is 2. The van der Waals surface area contributed by atoms with Gasteiger partial charge in [-0.3, -0.25) is 0 Å². The predicted molar refractivity (Wildman–Crippen MR) is 74.3 cm³/mol. The van der Waals surface area contributed by atoms with E-state index in [1.165, 1.54) is 11.1 Å². The molecule has 4 nitrogen and oxygen atoms in total. The second kappa shape index (κ2) is 5.33. The number of hydrogen-bond acceptors (Lipinski definition) is 4. The molecule has 1 aliphatic rings. The van der Waals surface area contributed by atoms with Crippen LogP contribution in [0.4, 0.5) is 11.6 Å². The summed E-state index contributed by atoms with van der Waals surface area (Å²) < 4.78 is 0. The van der Waals surface area contributed by atoms with Gasteiger partial charge in [0.15, 0.2) is 0 Å². The monoisotopic (exact) mass is 262 g/mol. The van der Waals surface area contributed by atoms with E-state index in [0.29, 0.717) is 5.95 Å². The summed E-state index contributed by atoms with van der Waals surface area (Å²) in [6, 6.07) is 8.20. The molecule has 0 atom stereocenters. The topological polar surface area (TPSA) is 49.8 Å². The normalized spacial score (nSPS) is 12.7. The van der Waals surface area contributed by atoms with Crippen molar-refractivity contribution in [1.29, 1.82) is 0 Å². The minimum atomic E-state index is 0. The molecule has 0 bridgehead atoms. The number of hydrogen-bond donors (Lipinski definition) is 2. The summed E-state index contributed by atoms with van der Waals surface area (Å²) >= 11 is 0. The van der Waals surface area contributed by atoms with Gasteiger partial charge in [-0.25, -0.2) is 9.97 Å². The van der Waals surface area contributed by atoms with E-state index in [9.17, 15) is 0 Å². The van der Waals surface area contributed by atoms with Crippen molar-refractivity contribution in [1.82, 2.24) is 15.3 Å². The lowest BCUT2D eigenvalue weighted by atomic mass is 10.2. The molecule has 1 aromatic carbocycles.